The third-order valence-corrected chi connectivity index (χ3v) is 9.39. The van der Waals surface area contributed by atoms with Gasteiger partial charge in [0.25, 0.3) is 0 Å². The number of hydrogen-bond donors (Lipinski definition) is 1. The molecule has 0 aliphatic carbocycles. The van der Waals surface area contributed by atoms with Crippen LogP contribution in [0.1, 0.15) is 12.8 Å². The zero-order chi connectivity index (χ0) is 18.2. The first-order chi connectivity index (χ1) is 12.7. The highest BCUT2D eigenvalue weighted by Crippen LogP contribution is 2.55. The second-order valence-electron chi connectivity index (χ2n) is 6.32. The summed E-state index contributed by atoms with van der Waals surface area (Å²) in [6.45, 7) is 0.522. The van der Waals surface area contributed by atoms with E-state index in [1.54, 1.807) is 0 Å². The summed E-state index contributed by atoms with van der Waals surface area (Å²) in [5.74, 6) is 0. The van der Waals surface area contributed by atoms with Crippen molar-refractivity contribution in [1.29, 1.82) is 0 Å². The van der Waals surface area contributed by atoms with Crippen molar-refractivity contribution in [3.8, 4) is 0 Å². The van der Waals surface area contributed by atoms with Gasteiger partial charge in [-0.25, -0.2) is 0 Å². The normalized spacial score (nSPS) is 11.2. The Kier molecular flexibility index (Phi) is 6.49. The monoisotopic (exact) mass is 381 g/mol. The average molecular weight is 381 g/mol. The summed E-state index contributed by atoms with van der Waals surface area (Å²) < 4.78 is 0.869. The summed E-state index contributed by atoms with van der Waals surface area (Å²) in [5, 5.41) is 13.5. The summed E-state index contributed by atoms with van der Waals surface area (Å²) in [4.78, 5) is 0. The van der Waals surface area contributed by atoms with E-state index in [2.05, 4.69) is 91.0 Å². The molecule has 0 bridgehead atoms. The van der Waals surface area contributed by atoms with Crippen LogP contribution in [-0.4, -0.2) is 22.0 Å². The molecule has 0 heterocycles. The SMILES string of the molecule is O[N+](=S)CCCC[P+](c1ccccc1)(c1ccccc1)c1ccccc1. The van der Waals surface area contributed by atoms with Crippen molar-refractivity contribution in [2.24, 2.45) is 0 Å². The Labute approximate surface area is 161 Å². The van der Waals surface area contributed by atoms with Gasteiger partial charge in [0.15, 0.2) is 0 Å². The Morgan fingerprint density at radius 3 is 1.38 bits per heavy atom. The summed E-state index contributed by atoms with van der Waals surface area (Å²) in [5.41, 5.74) is 0. The van der Waals surface area contributed by atoms with Crippen molar-refractivity contribution in [1.82, 2.24) is 0 Å². The number of rotatable bonds is 8. The smallest absolute Gasteiger partial charge is 0.276 e. The molecule has 0 saturated carbocycles. The van der Waals surface area contributed by atoms with Gasteiger partial charge in [-0.3, -0.25) is 5.21 Å². The van der Waals surface area contributed by atoms with Crippen LogP contribution in [0.2, 0.25) is 0 Å². The topological polar surface area (TPSA) is 23.2 Å². The van der Waals surface area contributed by atoms with E-state index in [0.29, 0.717) is 6.54 Å². The van der Waals surface area contributed by atoms with Gasteiger partial charge in [0.1, 0.15) is 23.2 Å². The van der Waals surface area contributed by atoms with E-state index in [0.717, 1.165) is 23.1 Å². The van der Waals surface area contributed by atoms with Crippen molar-refractivity contribution in [3.63, 3.8) is 0 Å². The number of hydrogen-bond acceptors (Lipinski definition) is 1. The molecule has 2 nitrogen and oxygen atoms in total. The molecule has 0 aliphatic rings. The molecule has 1 N–H and O–H groups in total. The molecule has 132 valence electrons. The van der Waals surface area contributed by atoms with Crippen LogP contribution in [0.25, 0.3) is 0 Å². The van der Waals surface area contributed by atoms with Gasteiger partial charge >= 0.3 is 12.4 Å². The molecule has 0 saturated heterocycles. The number of benzene rings is 3. The minimum atomic E-state index is -1.75. The highest BCUT2D eigenvalue weighted by molar-refractivity contribution is 7.95. The lowest BCUT2D eigenvalue weighted by atomic mass is 10.3. The van der Waals surface area contributed by atoms with E-state index in [1.165, 1.54) is 15.9 Å². The number of hydroxylamine groups is 1. The molecule has 3 aromatic rings. The van der Waals surface area contributed by atoms with Crippen molar-refractivity contribution < 1.29 is 9.32 Å². The Morgan fingerprint density at radius 2 is 1.04 bits per heavy atom. The molecule has 0 unspecified atom stereocenters. The third-order valence-electron chi connectivity index (χ3n) is 4.68. The summed E-state index contributed by atoms with van der Waals surface area (Å²) >= 11 is 4.76. The summed E-state index contributed by atoms with van der Waals surface area (Å²) in [6.07, 6.45) is 2.96. The molecule has 3 rings (SSSR count). The van der Waals surface area contributed by atoms with E-state index >= 15 is 0 Å². The average Bonchev–Trinajstić information content (AvgIpc) is 2.70. The highest BCUT2D eigenvalue weighted by Gasteiger charge is 2.44. The van der Waals surface area contributed by atoms with Crippen LogP contribution < -0.4 is 15.9 Å². The van der Waals surface area contributed by atoms with Gasteiger partial charge in [-0.1, -0.05) is 54.6 Å². The first-order valence-electron chi connectivity index (χ1n) is 8.92. The van der Waals surface area contributed by atoms with Gasteiger partial charge in [0.05, 0.1) is 10.3 Å². The molecule has 0 aliphatic heterocycles. The van der Waals surface area contributed by atoms with Crippen LogP contribution in [0.4, 0.5) is 0 Å². The van der Waals surface area contributed by atoms with E-state index < -0.39 is 7.26 Å². The minimum absolute atomic E-state index is 0.522. The largest absolute Gasteiger partial charge is 0.320 e. The molecule has 0 atom stereocenters. The van der Waals surface area contributed by atoms with Crippen molar-refractivity contribution in [2.45, 2.75) is 12.8 Å². The van der Waals surface area contributed by atoms with E-state index in [-0.39, 0.29) is 0 Å². The molecule has 0 spiro atoms. The standard InChI is InChI=1S/C22H24NOPS/c24-23(26)18-10-11-19-25(20-12-4-1-5-13-20,21-14-6-2-7-15-21)22-16-8-3-9-17-22/h1-9,12-17H,10-11,18-19H2,(H,24,26)/q+2. The Hall–Kier alpha value is -2.09. The minimum Gasteiger partial charge on any atom is -0.276 e. The molecule has 0 aromatic heterocycles. The molecular weight excluding hydrogens is 357 g/mol. The lowest BCUT2D eigenvalue weighted by Crippen LogP contribution is -2.33. The maximum absolute atomic E-state index is 9.29. The van der Waals surface area contributed by atoms with E-state index in [4.69, 9.17) is 12.4 Å². The van der Waals surface area contributed by atoms with Crippen molar-refractivity contribution in [2.75, 3.05) is 12.7 Å². The molecular formula is C22H24NOPS+2. The van der Waals surface area contributed by atoms with Gasteiger partial charge in [-0.15, -0.1) is 0 Å². The second kappa shape index (κ2) is 9.02. The highest BCUT2D eigenvalue weighted by atomic mass is 32.1. The Balaban J connectivity index is 2.10. The molecule has 0 radical (unpaired) electrons. The van der Waals surface area contributed by atoms with Crippen LogP contribution in [0.5, 0.6) is 0 Å². The maximum atomic E-state index is 9.29. The van der Waals surface area contributed by atoms with E-state index in [1.807, 2.05) is 0 Å². The fraction of sp³-hybridized carbons (Fsp3) is 0.182. The van der Waals surface area contributed by atoms with Gasteiger partial charge in [-0.2, -0.15) is 0 Å². The zero-order valence-corrected chi connectivity index (χ0v) is 16.4. The number of nitrogens with zero attached hydrogens (tertiary/aromatic N) is 1. The molecule has 0 amide bonds. The summed E-state index contributed by atoms with van der Waals surface area (Å²) in [6, 6.07) is 32.6. The Morgan fingerprint density at radius 1 is 0.654 bits per heavy atom. The van der Waals surface area contributed by atoms with Crippen molar-refractivity contribution in [3.05, 3.63) is 91.0 Å². The Bertz CT molecular complexity index is 728. The molecule has 0 fully saturated rings. The zero-order valence-electron chi connectivity index (χ0n) is 14.7. The molecule has 3 aromatic carbocycles. The van der Waals surface area contributed by atoms with Gasteiger partial charge < -0.3 is 0 Å². The first kappa shape index (κ1) is 18.7. The fourth-order valence-corrected chi connectivity index (χ4v) is 8.02. The predicted octanol–water partition coefficient (Wildman–Crippen LogP) is 3.89. The van der Waals surface area contributed by atoms with Crippen LogP contribution in [0.15, 0.2) is 91.0 Å². The van der Waals surface area contributed by atoms with Crippen molar-refractivity contribution >= 4 is 35.6 Å². The van der Waals surface area contributed by atoms with Crippen LogP contribution in [-0.2, 0) is 12.4 Å². The quantitative estimate of drug-likeness (QED) is 0.277. The van der Waals surface area contributed by atoms with E-state index in [9.17, 15) is 5.21 Å². The number of unbranched alkanes of at least 4 members (excludes halogenated alkanes) is 1. The molecule has 4 heteroatoms. The second-order valence-corrected chi connectivity index (χ2v) is 10.4. The van der Waals surface area contributed by atoms with Gasteiger partial charge in [0.2, 0.25) is 6.54 Å². The van der Waals surface area contributed by atoms with Crippen LogP contribution in [0.3, 0.4) is 0 Å². The third kappa shape index (κ3) is 4.17. The lowest BCUT2D eigenvalue weighted by molar-refractivity contribution is -0.752. The van der Waals surface area contributed by atoms with Crippen LogP contribution >= 0.6 is 7.26 Å². The summed E-state index contributed by atoms with van der Waals surface area (Å²) in [7, 11) is -1.75. The van der Waals surface area contributed by atoms with Crippen LogP contribution in [0, 0.1) is 0 Å². The fourth-order valence-electron chi connectivity index (χ4n) is 3.48. The lowest BCUT2D eigenvalue weighted by Gasteiger charge is -2.27. The maximum Gasteiger partial charge on any atom is 0.320 e. The predicted molar refractivity (Wildman–Crippen MR) is 114 cm³/mol. The molecule has 26 heavy (non-hydrogen) atoms. The van der Waals surface area contributed by atoms with Gasteiger partial charge in [-0.05, 0) is 42.8 Å². The first-order valence-corrected chi connectivity index (χ1v) is 11.3. The van der Waals surface area contributed by atoms with Gasteiger partial charge in [0, 0.05) is 6.42 Å².